The SMILES string of the molecule is CC1CCN(CCN(C)C)C(CC#N)C(=O)N1C. The van der Waals surface area contributed by atoms with Gasteiger partial charge < -0.3 is 9.80 Å². The molecule has 0 aromatic carbocycles. The highest BCUT2D eigenvalue weighted by atomic mass is 16.2. The first-order valence-electron chi connectivity index (χ1n) is 6.49. The van der Waals surface area contributed by atoms with Gasteiger partial charge in [-0.3, -0.25) is 9.69 Å². The van der Waals surface area contributed by atoms with E-state index < -0.39 is 0 Å². The van der Waals surface area contributed by atoms with Crippen molar-refractivity contribution in [3.05, 3.63) is 0 Å². The van der Waals surface area contributed by atoms with Gasteiger partial charge in [0.15, 0.2) is 0 Å². The van der Waals surface area contributed by atoms with E-state index in [1.54, 1.807) is 4.90 Å². The van der Waals surface area contributed by atoms with Crippen LogP contribution in [-0.2, 0) is 4.79 Å². The normalized spacial score (nSPS) is 26.2. The number of amides is 1. The van der Waals surface area contributed by atoms with E-state index in [0.29, 0.717) is 0 Å². The highest BCUT2D eigenvalue weighted by Crippen LogP contribution is 2.17. The van der Waals surface area contributed by atoms with Gasteiger partial charge in [-0.25, -0.2) is 0 Å². The second kappa shape index (κ2) is 6.72. The van der Waals surface area contributed by atoms with E-state index in [4.69, 9.17) is 5.26 Å². The summed E-state index contributed by atoms with van der Waals surface area (Å²) in [7, 11) is 5.88. The Kier molecular flexibility index (Phi) is 5.57. The standard InChI is InChI=1S/C13H24N4O/c1-11-6-8-17(10-9-15(2)3)12(5-7-14)13(18)16(11)4/h11-12H,5-6,8-10H2,1-4H3. The van der Waals surface area contributed by atoms with Crippen LogP contribution in [0.5, 0.6) is 0 Å². The predicted molar refractivity (Wildman–Crippen MR) is 71.0 cm³/mol. The highest BCUT2D eigenvalue weighted by molar-refractivity contribution is 5.82. The second-order valence-electron chi connectivity index (χ2n) is 5.30. The van der Waals surface area contributed by atoms with Crippen molar-refractivity contribution in [2.24, 2.45) is 0 Å². The van der Waals surface area contributed by atoms with Gasteiger partial charge in [0.2, 0.25) is 5.91 Å². The molecule has 0 aromatic rings. The van der Waals surface area contributed by atoms with Crippen molar-refractivity contribution in [3.8, 4) is 6.07 Å². The van der Waals surface area contributed by atoms with Gasteiger partial charge >= 0.3 is 0 Å². The summed E-state index contributed by atoms with van der Waals surface area (Å²) in [6.07, 6.45) is 1.25. The van der Waals surface area contributed by atoms with Crippen molar-refractivity contribution in [1.82, 2.24) is 14.7 Å². The van der Waals surface area contributed by atoms with Crippen molar-refractivity contribution in [2.45, 2.75) is 31.8 Å². The molecule has 1 amide bonds. The monoisotopic (exact) mass is 252 g/mol. The summed E-state index contributed by atoms with van der Waals surface area (Å²) in [5.41, 5.74) is 0. The molecule has 18 heavy (non-hydrogen) atoms. The maximum atomic E-state index is 12.3. The molecule has 0 aliphatic carbocycles. The molecule has 1 fully saturated rings. The summed E-state index contributed by atoms with van der Waals surface area (Å²) in [5.74, 6) is 0.0836. The summed E-state index contributed by atoms with van der Waals surface area (Å²) >= 11 is 0. The third kappa shape index (κ3) is 3.69. The van der Waals surface area contributed by atoms with Crippen LogP contribution in [0.15, 0.2) is 0 Å². The average molecular weight is 252 g/mol. The fraction of sp³-hybridized carbons (Fsp3) is 0.846. The summed E-state index contributed by atoms with van der Waals surface area (Å²) in [5, 5.41) is 8.92. The van der Waals surface area contributed by atoms with E-state index in [2.05, 4.69) is 22.8 Å². The third-order valence-electron chi connectivity index (χ3n) is 3.69. The van der Waals surface area contributed by atoms with Gasteiger partial charge in [0, 0.05) is 32.7 Å². The van der Waals surface area contributed by atoms with Crippen LogP contribution in [0.4, 0.5) is 0 Å². The molecule has 0 radical (unpaired) electrons. The number of carbonyl (C=O) groups is 1. The number of hydrogen-bond donors (Lipinski definition) is 0. The smallest absolute Gasteiger partial charge is 0.240 e. The lowest BCUT2D eigenvalue weighted by Gasteiger charge is -2.29. The molecule has 0 aromatic heterocycles. The Hall–Kier alpha value is -1.12. The minimum Gasteiger partial charge on any atom is -0.342 e. The van der Waals surface area contributed by atoms with E-state index in [-0.39, 0.29) is 24.4 Å². The Balaban J connectivity index is 2.78. The van der Waals surface area contributed by atoms with Crippen LogP contribution in [-0.4, -0.2) is 73.5 Å². The topological polar surface area (TPSA) is 50.6 Å². The van der Waals surface area contributed by atoms with Gasteiger partial charge in [0.25, 0.3) is 0 Å². The lowest BCUT2D eigenvalue weighted by molar-refractivity contribution is -0.135. The van der Waals surface area contributed by atoms with Gasteiger partial charge in [0.05, 0.1) is 12.5 Å². The van der Waals surface area contributed by atoms with E-state index in [9.17, 15) is 4.79 Å². The minimum atomic E-state index is -0.273. The van der Waals surface area contributed by atoms with Gasteiger partial charge in [0.1, 0.15) is 6.04 Å². The van der Waals surface area contributed by atoms with Gasteiger partial charge in [-0.2, -0.15) is 5.26 Å². The molecule has 0 saturated carbocycles. The maximum absolute atomic E-state index is 12.3. The first-order valence-corrected chi connectivity index (χ1v) is 6.49. The Morgan fingerprint density at radius 1 is 1.50 bits per heavy atom. The summed E-state index contributed by atoms with van der Waals surface area (Å²) in [6, 6.07) is 2.13. The number of nitriles is 1. The Morgan fingerprint density at radius 2 is 2.17 bits per heavy atom. The molecule has 1 aliphatic rings. The zero-order valence-corrected chi connectivity index (χ0v) is 11.9. The van der Waals surface area contributed by atoms with Crippen LogP contribution >= 0.6 is 0 Å². The average Bonchev–Trinajstić information content (AvgIpc) is 2.42. The molecule has 2 atom stereocenters. The number of rotatable bonds is 4. The lowest BCUT2D eigenvalue weighted by atomic mass is 10.1. The van der Waals surface area contributed by atoms with Crippen molar-refractivity contribution < 1.29 is 4.79 Å². The zero-order valence-electron chi connectivity index (χ0n) is 11.9. The summed E-state index contributed by atoms with van der Waals surface area (Å²) < 4.78 is 0. The van der Waals surface area contributed by atoms with Gasteiger partial charge in [-0.15, -0.1) is 0 Å². The maximum Gasteiger partial charge on any atom is 0.240 e. The first kappa shape index (κ1) is 14.9. The second-order valence-corrected chi connectivity index (χ2v) is 5.30. The molecule has 0 spiro atoms. The van der Waals surface area contributed by atoms with Crippen molar-refractivity contribution in [1.29, 1.82) is 5.26 Å². The molecule has 1 rings (SSSR count). The molecular weight excluding hydrogens is 228 g/mol. The predicted octanol–water partition coefficient (Wildman–Crippen LogP) is 0.383. The molecule has 0 N–H and O–H groups in total. The fourth-order valence-corrected chi connectivity index (χ4v) is 2.21. The molecule has 102 valence electrons. The zero-order chi connectivity index (χ0) is 13.7. The molecule has 0 bridgehead atoms. The van der Waals surface area contributed by atoms with Gasteiger partial charge in [-0.05, 0) is 27.4 Å². The first-order chi connectivity index (χ1) is 8.47. The van der Waals surface area contributed by atoms with Gasteiger partial charge in [-0.1, -0.05) is 0 Å². The minimum absolute atomic E-state index is 0.0836. The van der Waals surface area contributed by atoms with Crippen LogP contribution in [0.1, 0.15) is 19.8 Å². The fourth-order valence-electron chi connectivity index (χ4n) is 2.21. The molecule has 1 heterocycles. The van der Waals surface area contributed by atoms with Crippen LogP contribution < -0.4 is 0 Å². The van der Waals surface area contributed by atoms with Crippen molar-refractivity contribution >= 4 is 5.91 Å². The number of likely N-dealkylation sites (N-methyl/N-ethyl adjacent to an activating group) is 2. The molecule has 5 nitrogen and oxygen atoms in total. The van der Waals surface area contributed by atoms with Crippen molar-refractivity contribution in [2.75, 3.05) is 40.8 Å². The Bertz CT molecular complexity index is 321. The summed E-state index contributed by atoms with van der Waals surface area (Å²) in [6.45, 7) is 4.70. The number of carbonyl (C=O) groups excluding carboxylic acids is 1. The Morgan fingerprint density at radius 3 is 2.72 bits per heavy atom. The van der Waals surface area contributed by atoms with Crippen LogP contribution in [0, 0.1) is 11.3 Å². The van der Waals surface area contributed by atoms with E-state index in [1.807, 2.05) is 21.1 Å². The molecular formula is C13H24N4O. The van der Waals surface area contributed by atoms with E-state index in [0.717, 1.165) is 26.1 Å². The number of hydrogen-bond acceptors (Lipinski definition) is 4. The highest BCUT2D eigenvalue weighted by Gasteiger charge is 2.33. The largest absolute Gasteiger partial charge is 0.342 e. The van der Waals surface area contributed by atoms with Crippen LogP contribution in [0.25, 0.3) is 0 Å². The van der Waals surface area contributed by atoms with E-state index in [1.165, 1.54) is 0 Å². The third-order valence-corrected chi connectivity index (χ3v) is 3.69. The summed E-state index contributed by atoms with van der Waals surface area (Å²) in [4.78, 5) is 18.4. The van der Waals surface area contributed by atoms with Crippen LogP contribution in [0.3, 0.4) is 0 Å². The molecule has 5 heteroatoms. The van der Waals surface area contributed by atoms with Crippen LogP contribution in [0.2, 0.25) is 0 Å². The quantitative estimate of drug-likeness (QED) is 0.726. The molecule has 1 saturated heterocycles. The number of nitrogens with zero attached hydrogens (tertiary/aromatic N) is 4. The van der Waals surface area contributed by atoms with Crippen molar-refractivity contribution in [3.63, 3.8) is 0 Å². The lowest BCUT2D eigenvalue weighted by Crippen LogP contribution is -2.47. The molecule has 1 aliphatic heterocycles. The Labute approximate surface area is 110 Å². The molecule has 2 unspecified atom stereocenters. The van der Waals surface area contributed by atoms with E-state index >= 15 is 0 Å².